The summed E-state index contributed by atoms with van der Waals surface area (Å²) in [4.78, 5) is 25.6. The van der Waals surface area contributed by atoms with Crippen LogP contribution in [0, 0.1) is 10.1 Å². The minimum atomic E-state index is -0.545. The van der Waals surface area contributed by atoms with Crippen molar-refractivity contribution in [2.45, 2.75) is 26.3 Å². The first kappa shape index (κ1) is 13.9. The van der Waals surface area contributed by atoms with Crippen LogP contribution in [0.25, 0.3) is 0 Å². The highest BCUT2D eigenvalue weighted by atomic mass is 16.6. The number of nitro groups is 1. The standard InChI is InChI=1S/C11H16N4O3/c1-11(2,3)14-9(16)7-13-10-8(15(17)18)5-4-6-12-10/h4-6H,7H2,1-3H3,(H,12,13)(H,14,16). The van der Waals surface area contributed by atoms with Gasteiger partial charge in [0.2, 0.25) is 11.7 Å². The molecule has 1 rings (SSSR count). The Balaban J connectivity index is 2.64. The number of nitrogens with one attached hydrogen (secondary N) is 2. The van der Waals surface area contributed by atoms with Crippen molar-refractivity contribution in [3.8, 4) is 0 Å². The van der Waals surface area contributed by atoms with E-state index in [1.165, 1.54) is 18.3 Å². The predicted molar refractivity (Wildman–Crippen MR) is 67.3 cm³/mol. The fourth-order valence-corrected chi connectivity index (χ4v) is 1.31. The minimum Gasteiger partial charge on any atom is -0.355 e. The van der Waals surface area contributed by atoms with Crippen LogP contribution in [0.15, 0.2) is 18.3 Å². The molecule has 0 aliphatic heterocycles. The van der Waals surface area contributed by atoms with Gasteiger partial charge in [0.1, 0.15) is 0 Å². The van der Waals surface area contributed by atoms with E-state index in [2.05, 4.69) is 15.6 Å². The third kappa shape index (κ3) is 4.36. The Kier molecular flexibility index (Phi) is 4.19. The van der Waals surface area contributed by atoms with E-state index in [9.17, 15) is 14.9 Å². The van der Waals surface area contributed by atoms with E-state index in [-0.39, 0.29) is 29.5 Å². The second-order valence-electron chi connectivity index (χ2n) is 4.78. The molecule has 0 aliphatic rings. The molecule has 1 heterocycles. The van der Waals surface area contributed by atoms with Gasteiger partial charge in [-0.25, -0.2) is 4.98 Å². The number of rotatable bonds is 4. The van der Waals surface area contributed by atoms with E-state index >= 15 is 0 Å². The zero-order valence-electron chi connectivity index (χ0n) is 10.6. The summed E-state index contributed by atoms with van der Waals surface area (Å²) in [5.41, 5.74) is -0.490. The van der Waals surface area contributed by atoms with Crippen LogP contribution in [0.3, 0.4) is 0 Å². The molecule has 2 N–H and O–H groups in total. The summed E-state index contributed by atoms with van der Waals surface area (Å²) in [6, 6.07) is 2.80. The van der Waals surface area contributed by atoms with E-state index in [0.717, 1.165) is 0 Å². The van der Waals surface area contributed by atoms with Gasteiger partial charge < -0.3 is 10.6 Å². The van der Waals surface area contributed by atoms with E-state index in [1.807, 2.05) is 20.8 Å². The molecule has 98 valence electrons. The van der Waals surface area contributed by atoms with Crippen LogP contribution in [0.2, 0.25) is 0 Å². The summed E-state index contributed by atoms with van der Waals surface area (Å²) >= 11 is 0. The molecule has 7 heteroatoms. The van der Waals surface area contributed by atoms with Crippen molar-refractivity contribution >= 4 is 17.4 Å². The van der Waals surface area contributed by atoms with Crippen LogP contribution in [0.1, 0.15) is 20.8 Å². The average Bonchev–Trinajstić information content (AvgIpc) is 2.24. The highest BCUT2D eigenvalue weighted by Gasteiger charge is 2.17. The third-order valence-electron chi connectivity index (χ3n) is 1.91. The summed E-state index contributed by atoms with van der Waals surface area (Å²) < 4.78 is 0. The first-order valence-corrected chi connectivity index (χ1v) is 5.44. The van der Waals surface area contributed by atoms with Gasteiger partial charge in [0.15, 0.2) is 0 Å². The Hall–Kier alpha value is -2.18. The highest BCUT2D eigenvalue weighted by molar-refractivity contribution is 5.81. The van der Waals surface area contributed by atoms with Gasteiger partial charge in [0, 0.05) is 17.8 Å². The largest absolute Gasteiger partial charge is 0.355 e. The average molecular weight is 252 g/mol. The molecule has 7 nitrogen and oxygen atoms in total. The maximum absolute atomic E-state index is 11.5. The van der Waals surface area contributed by atoms with Crippen LogP contribution in [-0.4, -0.2) is 27.9 Å². The SMILES string of the molecule is CC(C)(C)NC(=O)CNc1ncccc1[N+](=O)[O-]. The van der Waals surface area contributed by atoms with Crippen LogP contribution in [-0.2, 0) is 4.79 Å². The number of hydrogen-bond donors (Lipinski definition) is 2. The maximum Gasteiger partial charge on any atom is 0.311 e. The number of carbonyl (C=O) groups excluding carboxylic acids is 1. The molecular formula is C11H16N4O3. The monoisotopic (exact) mass is 252 g/mol. The minimum absolute atomic E-state index is 0.0604. The molecule has 0 atom stereocenters. The Morgan fingerprint density at radius 1 is 1.50 bits per heavy atom. The molecule has 0 aliphatic carbocycles. The quantitative estimate of drug-likeness (QED) is 0.622. The van der Waals surface area contributed by atoms with Crippen LogP contribution < -0.4 is 10.6 Å². The number of aromatic nitrogens is 1. The number of pyridine rings is 1. The smallest absolute Gasteiger partial charge is 0.311 e. The van der Waals surface area contributed by atoms with Crippen molar-refractivity contribution in [1.82, 2.24) is 10.3 Å². The normalized spacial score (nSPS) is 10.8. The Bertz CT molecular complexity index is 454. The van der Waals surface area contributed by atoms with Crippen molar-refractivity contribution in [1.29, 1.82) is 0 Å². The van der Waals surface area contributed by atoms with Crippen molar-refractivity contribution in [2.75, 3.05) is 11.9 Å². The van der Waals surface area contributed by atoms with Crippen molar-refractivity contribution in [2.24, 2.45) is 0 Å². The molecule has 18 heavy (non-hydrogen) atoms. The van der Waals surface area contributed by atoms with Crippen molar-refractivity contribution in [3.63, 3.8) is 0 Å². The molecule has 1 aromatic rings. The molecule has 0 aromatic carbocycles. The number of anilines is 1. The van der Waals surface area contributed by atoms with E-state index in [4.69, 9.17) is 0 Å². The fraction of sp³-hybridized carbons (Fsp3) is 0.455. The van der Waals surface area contributed by atoms with Gasteiger partial charge in [-0.1, -0.05) is 0 Å². The van der Waals surface area contributed by atoms with Crippen LogP contribution >= 0.6 is 0 Å². The lowest BCUT2D eigenvalue weighted by atomic mass is 10.1. The van der Waals surface area contributed by atoms with Gasteiger partial charge in [-0.05, 0) is 26.8 Å². The van der Waals surface area contributed by atoms with E-state index in [1.54, 1.807) is 0 Å². The van der Waals surface area contributed by atoms with Gasteiger partial charge in [-0.2, -0.15) is 0 Å². The molecular weight excluding hydrogens is 236 g/mol. The zero-order valence-corrected chi connectivity index (χ0v) is 10.6. The summed E-state index contributed by atoms with van der Waals surface area (Å²) in [5, 5.41) is 16.1. The molecule has 0 fully saturated rings. The fourth-order valence-electron chi connectivity index (χ4n) is 1.31. The maximum atomic E-state index is 11.5. The van der Waals surface area contributed by atoms with Crippen molar-refractivity contribution in [3.05, 3.63) is 28.4 Å². The number of nitrogens with zero attached hydrogens (tertiary/aromatic N) is 2. The summed E-state index contributed by atoms with van der Waals surface area (Å²) in [6.45, 7) is 5.51. The van der Waals surface area contributed by atoms with Crippen molar-refractivity contribution < 1.29 is 9.72 Å². The van der Waals surface area contributed by atoms with Gasteiger partial charge in [-0.15, -0.1) is 0 Å². The first-order chi connectivity index (χ1) is 8.29. The van der Waals surface area contributed by atoms with E-state index < -0.39 is 4.92 Å². The molecule has 0 spiro atoms. The van der Waals surface area contributed by atoms with Gasteiger partial charge in [-0.3, -0.25) is 14.9 Å². The molecule has 1 amide bonds. The Morgan fingerprint density at radius 3 is 2.72 bits per heavy atom. The lowest BCUT2D eigenvalue weighted by Crippen LogP contribution is -2.43. The van der Waals surface area contributed by atoms with Gasteiger partial charge >= 0.3 is 5.69 Å². The van der Waals surface area contributed by atoms with Crippen LogP contribution in [0.4, 0.5) is 11.5 Å². The number of hydrogen-bond acceptors (Lipinski definition) is 5. The Morgan fingerprint density at radius 2 is 2.17 bits per heavy atom. The molecule has 0 radical (unpaired) electrons. The predicted octanol–water partition coefficient (Wildman–Crippen LogP) is 1.32. The Labute approximate surface area is 105 Å². The number of amides is 1. The first-order valence-electron chi connectivity index (χ1n) is 5.44. The molecule has 1 aromatic heterocycles. The molecule has 0 bridgehead atoms. The lowest BCUT2D eigenvalue weighted by molar-refractivity contribution is -0.384. The van der Waals surface area contributed by atoms with Gasteiger partial charge in [0.05, 0.1) is 11.5 Å². The molecule has 0 saturated heterocycles. The number of carbonyl (C=O) groups is 1. The second kappa shape index (κ2) is 5.44. The second-order valence-corrected chi connectivity index (χ2v) is 4.78. The zero-order chi connectivity index (χ0) is 13.8. The summed E-state index contributed by atoms with van der Waals surface area (Å²) in [5.74, 6) is -0.158. The topological polar surface area (TPSA) is 97.2 Å². The molecule has 0 saturated carbocycles. The third-order valence-corrected chi connectivity index (χ3v) is 1.91. The van der Waals surface area contributed by atoms with Gasteiger partial charge in [0.25, 0.3) is 0 Å². The summed E-state index contributed by atoms with van der Waals surface area (Å²) in [7, 11) is 0. The van der Waals surface area contributed by atoms with Crippen LogP contribution in [0.5, 0.6) is 0 Å². The molecule has 0 unspecified atom stereocenters. The van der Waals surface area contributed by atoms with E-state index in [0.29, 0.717) is 0 Å². The highest BCUT2D eigenvalue weighted by Crippen LogP contribution is 2.19. The summed E-state index contributed by atoms with van der Waals surface area (Å²) in [6.07, 6.45) is 1.43. The lowest BCUT2D eigenvalue weighted by Gasteiger charge is -2.20.